The van der Waals surface area contributed by atoms with Crippen molar-refractivity contribution >= 4 is 19.7 Å². The highest BCUT2D eigenvalue weighted by molar-refractivity contribution is 6.76. The van der Waals surface area contributed by atoms with Gasteiger partial charge in [-0.1, -0.05) is 39.0 Å². The second-order valence-corrected chi connectivity index (χ2v) is 10.0. The molecule has 0 spiro atoms. The Morgan fingerprint density at radius 3 is 1.90 bits per heavy atom. The minimum Gasteiger partial charge on any atom is -0.126 e. The summed E-state index contributed by atoms with van der Waals surface area (Å²) in [6.45, 7) is 9.44. The first-order valence-corrected chi connectivity index (χ1v) is 8.29. The van der Waals surface area contributed by atoms with Crippen LogP contribution in [0.25, 0.3) is 0 Å². The maximum absolute atomic E-state index is 5.80. The smallest absolute Gasteiger partial charge is 0.0445 e. The summed E-state index contributed by atoms with van der Waals surface area (Å²) in [5.41, 5.74) is 0. The predicted octanol–water partition coefficient (Wildman–Crippen LogP) is 3.59. The van der Waals surface area contributed by atoms with Gasteiger partial charge < -0.3 is 0 Å². The molecule has 0 radical (unpaired) electrons. The standard InChI is InChI=1S/C8H19ClSi/c1-5-8(6-9)7-10(2,3)4/h8H,5-7H2,1-4H3. The van der Waals surface area contributed by atoms with E-state index < -0.39 is 8.07 Å². The Hall–Kier alpha value is 0.507. The molecule has 0 fully saturated rings. The summed E-state index contributed by atoms with van der Waals surface area (Å²) in [5.74, 6) is 1.62. The second kappa shape index (κ2) is 4.40. The lowest BCUT2D eigenvalue weighted by Gasteiger charge is -2.21. The molecule has 1 atom stereocenters. The van der Waals surface area contributed by atoms with Crippen LogP contribution in [0.2, 0.25) is 25.7 Å². The predicted molar refractivity (Wildman–Crippen MR) is 52.7 cm³/mol. The van der Waals surface area contributed by atoms with Gasteiger partial charge in [0.2, 0.25) is 0 Å². The third-order valence-corrected chi connectivity index (χ3v) is 3.94. The lowest BCUT2D eigenvalue weighted by molar-refractivity contribution is 0.622. The van der Waals surface area contributed by atoms with Gasteiger partial charge >= 0.3 is 0 Å². The zero-order valence-electron chi connectivity index (χ0n) is 7.58. The molecule has 0 aliphatic heterocycles. The quantitative estimate of drug-likeness (QED) is 0.456. The summed E-state index contributed by atoms with van der Waals surface area (Å²) in [4.78, 5) is 0. The first-order valence-electron chi connectivity index (χ1n) is 4.05. The van der Waals surface area contributed by atoms with E-state index in [-0.39, 0.29) is 0 Å². The van der Waals surface area contributed by atoms with Gasteiger partial charge in [0.15, 0.2) is 0 Å². The zero-order chi connectivity index (χ0) is 8.20. The molecule has 0 rings (SSSR count). The monoisotopic (exact) mass is 178 g/mol. The maximum Gasteiger partial charge on any atom is 0.0445 e. The Labute approximate surface area is 71.0 Å². The Balaban J connectivity index is 3.63. The topological polar surface area (TPSA) is 0 Å². The Kier molecular flexibility index (Phi) is 4.62. The van der Waals surface area contributed by atoms with Gasteiger partial charge in [-0.15, -0.1) is 11.6 Å². The van der Waals surface area contributed by atoms with Crippen LogP contribution < -0.4 is 0 Å². The van der Waals surface area contributed by atoms with E-state index in [0.29, 0.717) is 0 Å². The van der Waals surface area contributed by atoms with E-state index in [1.54, 1.807) is 0 Å². The van der Waals surface area contributed by atoms with Gasteiger partial charge in [0.25, 0.3) is 0 Å². The van der Waals surface area contributed by atoms with Crippen molar-refractivity contribution in [1.29, 1.82) is 0 Å². The Morgan fingerprint density at radius 1 is 1.30 bits per heavy atom. The minimum absolute atomic E-state index is 0.772. The molecule has 0 saturated carbocycles. The molecule has 0 nitrogen and oxygen atoms in total. The molecule has 0 aromatic carbocycles. The van der Waals surface area contributed by atoms with Crippen LogP contribution in [0.4, 0.5) is 0 Å². The molecule has 0 aliphatic carbocycles. The summed E-state index contributed by atoms with van der Waals surface area (Å²) in [6.07, 6.45) is 1.24. The molecule has 2 heteroatoms. The molecule has 0 aromatic rings. The van der Waals surface area contributed by atoms with E-state index in [4.69, 9.17) is 11.6 Å². The molecule has 62 valence electrons. The van der Waals surface area contributed by atoms with Gasteiger partial charge in [0, 0.05) is 14.0 Å². The maximum atomic E-state index is 5.80. The van der Waals surface area contributed by atoms with Gasteiger partial charge in [-0.2, -0.15) is 0 Å². The third-order valence-electron chi connectivity index (χ3n) is 1.70. The molecule has 0 bridgehead atoms. The largest absolute Gasteiger partial charge is 0.126 e. The van der Waals surface area contributed by atoms with E-state index in [1.165, 1.54) is 12.5 Å². The Morgan fingerprint density at radius 2 is 1.80 bits per heavy atom. The van der Waals surface area contributed by atoms with Crippen LogP contribution in [-0.4, -0.2) is 14.0 Å². The van der Waals surface area contributed by atoms with Crippen LogP contribution in [0.15, 0.2) is 0 Å². The fourth-order valence-electron chi connectivity index (χ4n) is 1.17. The van der Waals surface area contributed by atoms with Crippen molar-refractivity contribution in [3.63, 3.8) is 0 Å². The van der Waals surface area contributed by atoms with Gasteiger partial charge in [0.05, 0.1) is 0 Å². The van der Waals surface area contributed by atoms with Crippen LogP contribution in [-0.2, 0) is 0 Å². The van der Waals surface area contributed by atoms with Gasteiger partial charge in [-0.05, 0) is 5.92 Å². The van der Waals surface area contributed by atoms with Crippen molar-refractivity contribution in [3.05, 3.63) is 0 Å². The lowest BCUT2D eigenvalue weighted by atomic mass is 10.2. The molecule has 0 saturated heterocycles. The van der Waals surface area contributed by atoms with E-state index in [2.05, 4.69) is 26.6 Å². The molecular weight excluding hydrogens is 160 g/mol. The zero-order valence-corrected chi connectivity index (χ0v) is 9.33. The highest BCUT2D eigenvalue weighted by atomic mass is 35.5. The second-order valence-electron chi connectivity index (χ2n) is 4.19. The molecule has 1 unspecified atom stereocenters. The first-order chi connectivity index (χ1) is 4.49. The number of hydrogen-bond acceptors (Lipinski definition) is 0. The van der Waals surface area contributed by atoms with Crippen LogP contribution in [0, 0.1) is 5.92 Å². The van der Waals surface area contributed by atoms with E-state index >= 15 is 0 Å². The Bertz CT molecular complexity index is 81.7. The van der Waals surface area contributed by atoms with Crippen LogP contribution in [0.1, 0.15) is 13.3 Å². The van der Waals surface area contributed by atoms with Gasteiger partial charge in [0.1, 0.15) is 0 Å². The number of rotatable bonds is 4. The summed E-state index contributed by atoms with van der Waals surface area (Å²) >= 11 is 5.80. The summed E-state index contributed by atoms with van der Waals surface area (Å²) < 4.78 is 0. The lowest BCUT2D eigenvalue weighted by Crippen LogP contribution is -2.24. The average Bonchev–Trinajstić information content (AvgIpc) is 1.81. The third kappa shape index (κ3) is 5.30. The van der Waals surface area contributed by atoms with Crippen LogP contribution in [0.3, 0.4) is 0 Å². The SMILES string of the molecule is CCC(CCl)C[Si](C)(C)C. The molecule has 0 heterocycles. The molecule has 0 amide bonds. The van der Waals surface area contributed by atoms with Crippen LogP contribution >= 0.6 is 11.6 Å². The van der Waals surface area contributed by atoms with Gasteiger partial charge in [-0.3, -0.25) is 0 Å². The molecule has 0 aliphatic rings. The molecular formula is C8H19ClSi. The number of alkyl halides is 1. The van der Waals surface area contributed by atoms with E-state index in [0.717, 1.165) is 11.8 Å². The molecule has 10 heavy (non-hydrogen) atoms. The average molecular weight is 179 g/mol. The van der Waals surface area contributed by atoms with Crippen molar-refractivity contribution in [2.75, 3.05) is 5.88 Å². The van der Waals surface area contributed by atoms with Crippen molar-refractivity contribution in [1.82, 2.24) is 0 Å². The van der Waals surface area contributed by atoms with E-state index in [1.807, 2.05) is 0 Å². The first kappa shape index (κ1) is 10.5. The fourth-order valence-corrected chi connectivity index (χ4v) is 3.85. The summed E-state index contributed by atoms with van der Waals surface area (Å²) in [7, 11) is -0.847. The number of hydrogen-bond donors (Lipinski definition) is 0. The highest BCUT2D eigenvalue weighted by Gasteiger charge is 2.17. The minimum atomic E-state index is -0.847. The summed E-state index contributed by atoms with van der Waals surface area (Å²) in [5, 5.41) is 0. The molecule has 0 N–H and O–H groups in total. The molecule has 0 aromatic heterocycles. The fraction of sp³-hybridized carbons (Fsp3) is 1.00. The number of halogens is 1. The van der Waals surface area contributed by atoms with Gasteiger partial charge in [-0.25, -0.2) is 0 Å². The van der Waals surface area contributed by atoms with Crippen LogP contribution in [0.5, 0.6) is 0 Å². The van der Waals surface area contributed by atoms with Crippen molar-refractivity contribution in [2.45, 2.75) is 39.0 Å². The van der Waals surface area contributed by atoms with Crippen molar-refractivity contribution < 1.29 is 0 Å². The highest BCUT2D eigenvalue weighted by Crippen LogP contribution is 2.20. The summed E-state index contributed by atoms with van der Waals surface area (Å²) in [6, 6.07) is 1.38. The normalized spacial score (nSPS) is 15.3. The van der Waals surface area contributed by atoms with Crippen molar-refractivity contribution in [3.8, 4) is 0 Å². The van der Waals surface area contributed by atoms with Crippen molar-refractivity contribution in [2.24, 2.45) is 5.92 Å². The van der Waals surface area contributed by atoms with E-state index in [9.17, 15) is 0 Å².